The van der Waals surface area contributed by atoms with Gasteiger partial charge in [-0.15, -0.1) is 0 Å². The second-order valence-corrected chi connectivity index (χ2v) is 5.98. The molecule has 0 N–H and O–H groups in total. The van der Waals surface area contributed by atoms with Crippen LogP contribution in [-0.4, -0.2) is 0 Å². The first-order valence-corrected chi connectivity index (χ1v) is 7.61. The highest BCUT2D eigenvalue weighted by Crippen LogP contribution is 2.27. The van der Waals surface area contributed by atoms with Gasteiger partial charge in [-0.25, -0.2) is 0 Å². The largest absolute Gasteiger partial charge is 0.0654 e. The Labute approximate surface area is 104 Å². The highest BCUT2D eigenvalue weighted by atomic mass is 14.2. The van der Waals surface area contributed by atoms with Crippen molar-refractivity contribution in [2.75, 3.05) is 0 Å². The van der Waals surface area contributed by atoms with E-state index in [2.05, 4.69) is 34.6 Å². The molecule has 0 aliphatic rings. The Bertz CT molecular complexity index is 137. The first kappa shape index (κ1) is 16.0. The molecule has 0 saturated heterocycles. The van der Waals surface area contributed by atoms with Crippen LogP contribution in [0, 0.1) is 17.8 Å². The van der Waals surface area contributed by atoms with Crippen LogP contribution in [-0.2, 0) is 0 Å². The Morgan fingerprint density at radius 2 is 1.44 bits per heavy atom. The summed E-state index contributed by atoms with van der Waals surface area (Å²) >= 11 is 0. The Morgan fingerprint density at radius 3 is 1.94 bits per heavy atom. The zero-order valence-electron chi connectivity index (χ0n) is 12.4. The van der Waals surface area contributed by atoms with Crippen molar-refractivity contribution in [2.45, 2.75) is 86.0 Å². The summed E-state index contributed by atoms with van der Waals surface area (Å²) < 4.78 is 0. The monoisotopic (exact) mass is 226 g/mol. The molecule has 0 aliphatic heterocycles. The van der Waals surface area contributed by atoms with Gasteiger partial charge in [0.2, 0.25) is 0 Å². The molecule has 0 fully saturated rings. The molecule has 2 atom stereocenters. The van der Waals surface area contributed by atoms with Crippen LogP contribution in [0.2, 0.25) is 0 Å². The first-order valence-electron chi connectivity index (χ1n) is 7.61. The average molecular weight is 226 g/mol. The standard InChI is InChI=1S/C16H34/c1-6-8-9-10-12-16(14(3)4)13-15(5)11-7-2/h14-16H,6-13H2,1-5H3. The van der Waals surface area contributed by atoms with Crippen LogP contribution in [0.5, 0.6) is 0 Å². The maximum absolute atomic E-state index is 2.44. The molecule has 0 heteroatoms. The van der Waals surface area contributed by atoms with E-state index >= 15 is 0 Å². The lowest BCUT2D eigenvalue weighted by molar-refractivity contribution is 0.273. The summed E-state index contributed by atoms with van der Waals surface area (Å²) in [6.07, 6.45) is 11.4. The summed E-state index contributed by atoms with van der Waals surface area (Å²) in [6, 6.07) is 0. The minimum Gasteiger partial charge on any atom is -0.0654 e. The van der Waals surface area contributed by atoms with Gasteiger partial charge in [-0.2, -0.15) is 0 Å². The number of unbranched alkanes of at least 4 members (excludes halogenated alkanes) is 3. The highest BCUT2D eigenvalue weighted by Gasteiger charge is 2.15. The number of rotatable bonds is 10. The van der Waals surface area contributed by atoms with Gasteiger partial charge in [0.25, 0.3) is 0 Å². The zero-order valence-corrected chi connectivity index (χ0v) is 12.4. The van der Waals surface area contributed by atoms with Gasteiger partial charge >= 0.3 is 0 Å². The third-order valence-electron chi connectivity index (χ3n) is 3.86. The van der Waals surface area contributed by atoms with Crippen LogP contribution in [0.15, 0.2) is 0 Å². The second kappa shape index (κ2) is 10.2. The van der Waals surface area contributed by atoms with E-state index in [-0.39, 0.29) is 0 Å². The summed E-state index contributed by atoms with van der Waals surface area (Å²) in [4.78, 5) is 0. The molecular formula is C16H34. The quantitative estimate of drug-likeness (QED) is 0.397. The lowest BCUT2D eigenvalue weighted by atomic mass is 9.82. The zero-order chi connectivity index (χ0) is 12.4. The van der Waals surface area contributed by atoms with Crippen molar-refractivity contribution >= 4 is 0 Å². The SMILES string of the molecule is CCCCCCC(CC(C)CCC)C(C)C. The molecule has 0 bridgehead atoms. The molecule has 2 unspecified atom stereocenters. The fourth-order valence-corrected chi connectivity index (χ4v) is 2.68. The smallest absolute Gasteiger partial charge is 0.0389 e. The predicted octanol–water partition coefficient (Wildman–Crippen LogP) is 6.06. The Morgan fingerprint density at radius 1 is 0.750 bits per heavy atom. The van der Waals surface area contributed by atoms with Crippen LogP contribution in [0.1, 0.15) is 86.0 Å². The van der Waals surface area contributed by atoms with Gasteiger partial charge in [0.05, 0.1) is 0 Å². The predicted molar refractivity (Wildman–Crippen MR) is 75.8 cm³/mol. The summed E-state index contributed by atoms with van der Waals surface area (Å²) in [7, 11) is 0. The normalized spacial score (nSPS) is 15.4. The van der Waals surface area contributed by atoms with Crippen LogP contribution >= 0.6 is 0 Å². The summed E-state index contributed by atoms with van der Waals surface area (Å²) in [5, 5.41) is 0. The molecule has 0 aromatic heterocycles. The number of hydrogen-bond donors (Lipinski definition) is 0. The maximum Gasteiger partial charge on any atom is -0.0389 e. The molecule has 0 nitrogen and oxygen atoms in total. The summed E-state index contributed by atoms with van der Waals surface area (Å²) in [5.41, 5.74) is 0. The van der Waals surface area contributed by atoms with Gasteiger partial charge in [-0.05, 0) is 24.2 Å². The molecular weight excluding hydrogens is 192 g/mol. The van der Waals surface area contributed by atoms with Crippen LogP contribution in [0.25, 0.3) is 0 Å². The molecule has 0 aromatic rings. The number of hydrogen-bond acceptors (Lipinski definition) is 0. The van der Waals surface area contributed by atoms with E-state index < -0.39 is 0 Å². The van der Waals surface area contributed by atoms with Gasteiger partial charge in [-0.3, -0.25) is 0 Å². The van der Waals surface area contributed by atoms with Crippen molar-refractivity contribution in [2.24, 2.45) is 17.8 Å². The van der Waals surface area contributed by atoms with Crippen molar-refractivity contribution in [1.29, 1.82) is 0 Å². The van der Waals surface area contributed by atoms with E-state index in [9.17, 15) is 0 Å². The Balaban J connectivity index is 3.79. The Kier molecular flexibility index (Phi) is 10.2. The van der Waals surface area contributed by atoms with E-state index in [1.807, 2.05) is 0 Å². The van der Waals surface area contributed by atoms with Gasteiger partial charge in [0, 0.05) is 0 Å². The second-order valence-electron chi connectivity index (χ2n) is 5.98. The van der Waals surface area contributed by atoms with Crippen molar-refractivity contribution < 1.29 is 0 Å². The summed E-state index contributed by atoms with van der Waals surface area (Å²) in [6.45, 7) is 11.8. The van der Waals surface area contributed by atoms with Crippen LogP contribution in [0.4, 0.5) is 0 Å². The molecule has 0 saturated carbocycles. The van der Waals surface area contributed by atoms with E-state index in [1.54, 1.807) is 0 Å². The van der Waals surface area contributed by atoms with Crippen LogP contribution in [0.3, 0.4) is 0 Å². The fraction of sp³-hybridized carbons (Fsp3) is 1.00. The minimum absolute atomic E-state index is 0.876. The van der Waals surface area contributed by atoms with E-state index in [1.165, 1.54) is 51.4 Å². The molecule has 0 spiro atoms. The molecule has 0 radical (unpaired) electrons. The summed E-state index contributed by atoms with van der Waals surface area (Å²) in [5.74, 6) is 2.78. The topological polar surface area (TPSA) is 0 Å². The van der Waals surface area contributed by atoms with Crippen molar-refractivity contribution in [3.05, 3.63) is 0 Å². The molecule has 0 heterocycles. The molecule has 98 valence electrons. The lowest BCUT2D eigenvalue weighted by Crippen LogP contribution is -2.13. The fourth-order valence-electron chi connectivity index (χ4n) is 2.68. The maximum atomic E-state index is 2.44. The van der Waals surface area contributed by atoms with Gasteiger partial charge in [0.15, 0.2) is 0 Å². The van der Waals surface area contributed by atoms with E-state index in [0.717, 1.165) is 17.8 Å². The molecule has 0 aromatic carbocycles. The molecule has 0 amide bonds. The average Bonchev–Trinajstić information content (AvgIpc) is 2.22. The first-order chi connectivity index (χ1) is 7.61. The Hall–Kier alpha value is 0. The van der Waals surface area contributed by atoms with E-state index in [0.29, 0.717) is 0 Å². The van der Waals surface area contributed by atoms with Crippen molar-refractivity contribution in [3.8, 4) is 0 Å². The van der Waals surface area contributed by atoms with Gasteiger partial charge in [0.1, 0.15) is 0 Å². The molecule has 16 heavy (non-hydrogen) atoms. The third kappa shape index (κ3) is 8.19. The van der Waals surface area contributed by atoms with E-state index in [4.69, 9.17) is 0 Å². The lowest BCUT2D eigenvalue weighted by Gasteiger charge is -2.24. The van der Waals surface area contributed by atoms with Crippen molar-refractivity contribution in [3.63, 3.8) is 0 Å². The van der Waals surface area contributed by atoms with Gasteiger partial charge in [-0.1, -0.05) is 79.6 Å². The van der Waals surface area contributed by atoms with Crippen LogP contribution < -0.4 is 0 Å². The molecule has 0 aliphatic carbocycles. The van der Waals surface area contributed by atoms with Crippen molar-refractivity contribution in [1.82, 2.24) is 0 Å². The highest BCUT2D eigenvalue weighted by molar-refractivity contribution is 4.67. The van der Waals surface area contributed by atoms with Gasteiger partial charge < -0.3 is 0 Å². The molecule has 0 rings (SSSR count). The minimum atomic E-state index is 0.876. The third-order valence-corrected chi connectivity index (χ3v) is 3.86.